The van der Waals surface area contributed by atoms with Gasteiger partial charge < -0.3 is 9.64 Å². The summed E-state index contributed by atoms with van der Waals surface area (Å²) in [4.78, 5) is 29.8. The number of carbonyl (C=O) groups excluding carboxylic acids is 1. The Morgan fingerprint density at radius 3 is 2.72 bits per heavy atom. The molecule has 0 spiro atoms. The Morgan fingerprint density at radius 1 is 1.03 bits per heavy atom. The van der Waals surface area contributed by atoms with Crippen molar-refractivity contribution in [2.75, 3.05) is 37.7 Å². The second-order valence-electron chi connectivity index (χ2n) is 8.79. The first-order valence-corrected chi connectivity index (χ1v) is 11.7. The van der Waals surface area contributed by atoms with Crippen molar-refractivity contribution in [1.29, 1.82) is 0 Å². The summed E-state index contributed by atoms with van der Waals surface area (Å²) in [5.41, 5.74) is 5.25. The molecule has 32 heavy (non-hydrogen) atoms. The number of aromatic nitrogens is 2. The molecule has 7 nitrogen and oxygen atoms in total. The standard InChI is InChI=1S/C25H30N4O3/c30-24-10-9-22(19-5-2-1-3-6-19)26-29(24)18-25(31)28-12-11-21-20(7-4-8-23(21)28)17-27-13-15-32-16-14-27/h4-5,7-10H,1-3,6,11-18H2. The Balaban J connectivity index is 1.33. The Bertz CT molecular complexity index is 1080. The van der Waals surface area contributed by atoms with Crippen molar-refractivity contribution >= 4 is 17.2 Å². The molecule has 2 aliphatic heterocycles. The summed E-state index contributed by atoms with van der Waals surface area (Å²) in [6, 6.07) is 9.52. The normalized spacial score (nSPS) is 19.0. The van der Waals surface area contributed by atoms with Crippen LogP contribution in [0.2, 0.25) is 0 Å². The highest BCUT2D eigenvalue weighted by Crippen LogP contribution is 2.32. The first-order chi connectivity index (χ1) is 15.7. The number of ether oxygens (including phenoxy) is 1. The summed E-state index contributed by atoms with van der Waals surface area (Å²) in [5, 5.41) is 4.53. The number of benzene rings is 1. The third-order valence-electron chi connectivity index (χ3n) is 6.69. The Morgan fingerprint density at radius 2 is 1.91 bits per heavy atom. The van der Waals surface area contributed by atoms with E-state index in [2.05, 4.69) is 22.1 Å². The van der Waals surface area contributed by atoms with Gasteiger partial charge in [0.1, 0.15) is 6.54 Å². The summed E-state index contributed by atoms with van der Waals surface area (Å²) in [6.07, 6.45) is 7.41. The third-order valence-corrected chi connectivity index (χ3v) is 6.69. The molecule has 1 amide bonds. The van der Waals surface area contributed by atoms with Crippen LogP contribution >= 0.6 is 0 Å². The van der Waals surface area contributed by atoms with Gasteiger partial charge in [-0.1, -0.05) is 18.2 Å². The number of hydrogen-bond donors (Lipinski definition) is 0. The molecule has 168 valence electrons. The molecule has 1 saturated heterocycles. The number of hydrogen-bond acceptors (Lipinski definition) is 5. The molecule has 1 aromatic heterocycles. The van der Waals surface area contributed by atoms with E-state index >= 15 is 0 Å². The summed E-state index contributed by atoms with van der Waals surface area (Å²) < 4.78 is 6.78. The molecule has 0 unspecified atom stereocenters. The summed E-state index contributed by atoms with van der Waals surface area (Å²) in [6.45, 7) is 4.92. The monoisotopic (exact) mass is 434 g/mol. The summed E-state index contributed by atoms with van der Waals surface area (Å²) in [5.74, 6) is -0.0864. The van der Waals surface area contributed by atoms with E-state index in [0.29, 0.717) is 6.54 Å². The van der Waals surface area contributed by atoms with Gasteiger partial charge in [-0.25, -0.2) is 4.68 Å². The van der Waals surface area contributed by atoms with Crippen LogP contribution in [0.25, 0.3) is 5.57 Å². The Labute approximate surface area is 188 Å². The van der Waals surface area contributed by atoms with Gasteiger partial charge >= 0.3 is 0 Å². The van der Waals surface area contributed by atoms with Gasteiger partial charge in [0.25, 0.3) is 5.56 Å². The molecule has 0 atom stereocenters. The van der Waals surface area contributed by atoms with E-state index in [9.17, 15) is 9.59 Å². The maximum atomic E-state index is 13.2. The highest BCUT2D eigenvalue weighted by atomic mass is 16.5. The number of carbonyl (C=O) groups is 1. The van der Waals surface area contributed by atoms with E-state index in [-0.39, 0.29) is 18.0 Å². The second kappa shape index (κ2) is 9.38. The fraction of sp³-hybridized carbons (Fsp3) is 0.480. The number of amides is 1. The van der Waals surface area contributed by atoms with Gasteiger partial charge in [0, 0.05) is 37.9 Å². The van der Waals surface area contributed by atoms with Crippen LogP contribution in [-0.4, -0.2) is 53.4 Å². The fourth-order valence-corrected chi connectivity index (χ4v) is 4.93. The topological polar surface area (TPSA) is 67.7 Å². The average molecular weight is 435 g/mol. The van der Waals surface area contributed by atoms with E-state index in [1.165, 1.54) is 33.9 Å². The minimum atomic E-state index is -0.237. The molecule has 3 aliphatic rings. The number of nitrogens with zero attached hydrogens (tertiary/aromatic N) is 4. The highest BCUT2D eigenvalue weighted by molar-refractivity contribution is 5.95. The van der Waals surface area contributed by atoms with Crippen LogP contribution in [0.3, 0.4) is 0 Å². The van der Waals surface area contributed by atoms with Gasteiger partial charge in [-0.05, 0) is 60.9 Å². The van der Waals surface area contributed by atoms with E-state index in [1.807, 2.05) is 17.0 Å². The van der Waals surface area contributed by atoms with Gasteiger partial charge in [-0.3, -0.25) is 14.5 Å². The van der Waals surface area contributed by atoms with Crippen LogP contribution in [0.1, 0.15) is 42.5 Å². The molecule has 2 aromatic rings. The van der Waals surface area contributed by atoms with E-state index in [1.54, 1.807) is 6.07 Å². The molecular formula is C25H30N4O3. The molecule has 0 N–H and O–H groups in total. The zero-order valence-electron chi connectivity index (χ0n) is 18.5. The average Bonchev–Trinajstić information content (AvgIpc) is 3.27. The van der Waals surface area contributed by atoms with E-state index in [0.717, 1.165) is 69.9 Å². The second-order valence-corrected chi connectivity index (χ2v) is 8.79. The van der Waals surface area contributed by atoms with Gasteiger partial charge in [-0.15, -0.1) is 0 Å². The first kappa shape index (κ1) is 21.1. The lowest BCUT2D eigenvalue weighted by molar-refractivity contribution is -0.119. The van der Waals surface area contributed by atoms with E-state index < -0.39 is 0 Å². The molecule has 0 radical (unpaired) electrons. The molecule has 1 aliphatic carbocycles. The summed E-state index contributed by atoms with van der Waals surface area (Å²) >= 11 is 0. The zero-order valence-corrected chi connectivity index (χ0v) is 18.5. The molecule has 3 heterocycles. The maximum Gasteiger partial charge on any atom is 0.267 e. The molecule has 0 saturated carbocycles. The number of anilines is 1. The molecule has 1 aromatic carbocycles. The third kappa shape index (κ3) is 4.40. The lowest BCUT2D eigenvalue weighted by atomic mass is 9.97. The Hall–Kier alpha value is -2.77. The lowest BCUT2D eigenvalue weighted by Gasteiger charge is -2.27. The minimum absolute atomic E-state index is 0.0346. The van der Waals surface area contributed by atoms with Crippen molar-refractivity contribution in [2.24, 2.45) is 0 Å². The van der Waals surface area contributed by atoms with Crippen molar-refractivity contribution in [3.63, 3.8) is 0 Å². The van der Waals surface area contributed by atoms with Crippen molar-refractivity contribution in [3.8, 4) is 0 Å². The van der Waals surface area contributed by atoms with Crippen LogP contribution in [0.4, 0.5) is 5.69 Å². The largest absolute Gasteiger partial charge is 0.379 e. The highest BCUT2D eigenvalue weighted by Gasteiger charge is 2.27. The quantitative estimate of drug-likeness (QED) is 0.724. The van der Waals surface area contributed by atoms with Crippen molar-refractivity contribution in [1.82, 2.24) is 14.7 Å². The van der Waals surface area contributed by atoms with Gasteiger partial charge in [-0.2, -0.15) is 5.10 Å². The van der Waals surface area contributed by atoms with Gasteiger partial charge in [0.2, 0.25) is 5.91 Å². The molecule has 7 heteroatoms. The molecule has 0 bridgehead atoms. The van der Waals surface area contributed by atoms with Crippen molar-refractivity contribution in [2.45, 2.75) is 45.2 Å². The predicted octanol–water partition coefficient (Wildman–Crippen LogP) is 2.62. The van der Waals surface area contributed by atoms with Crippen molar-refractivity contribution < 1.29 is 9.53 Å². The number of rotatable bonds is 5. The zero-order chi connectivity index (χ0) is 21.9. The molecular weight excluding hydrogens is 404 g/mol. The SMILES string of the molecule is O=C(Cn1nc(C2=CCCCC2)ccc1=O)N1CCc2c(CN3CCOCC3)cccc21. The number of fused-ring (bicyclic) bond motifs is 1. The van der Waals surface area contributed by atoms with Gasteiger partial charge in [0.05, 0.1) is 18.9 Å². The first-order valence-electron chi connectivity index (χ1n) is 11.7. The fourth-order valence-electron chi connectivity index (χ4n) is 4.93. The van der Waals surface area contributed by atoms with Gasteiger partial charge in [0.15, 0.2) is 0 Å². The van der Waals surface area contributed by atoms with Crippen LogP contribution in [0, 0.1) is 0 Å². The number of allylic oxidation sites excluding steroid dienone is 2. The smallest absolute Gasteiger partial charge is 0.267 e. The van der Waals surface area contributed by atoms with Crippen LogP contribution in [-0.2, 0) is 29.0 Å². The maximum absolute atomic E-state index is 13.2. The van der Waals surface area contributed by atoms with Crippen LogP contribution in [0.5, 0.6) is 0 Å². The number of morpholine rings is 1. The molecule has 1 fully saturated rings. The Kier molecular flexibility index (Phi) is 6.19. The summed E-state index contributed by atoms with van der Waals surface area (Å²) in [7, 11) is 0. The van der Waals surface area contributed by atoms with Crippen LogP contribution in [0.15, 0.2) is 41.2 Å². The lowest BCUT2D eigenvalue weighted by Crippen LogP contribution is -2.36. The van der Waals surface area contributed by atoms with Crippen LogP contribution < -0.4 is 10.5 Å². The van der Waals surface area contributed by atoms with Crippen molar-refractivity contribution in [3.05, 3.63) is 63.6 Å². The molecule has 5 rings (SSSR count). The predicted molar refractivity (Wildman–Crippen MR) is 124 cm³/mol. The minimum Gasteiger partial charge on any atom is -0.379 e. The van der Waals surface area contributed by atoms with E-state index in [4.69, 9.17) is 4.74 Å².